The molecule has 0 saturated carbocycles. The summed E-state index contributed by atoms with van der Waals surface area (Å²) in [6.07, 6.45) is 7.28. The van der Waals surface area contributed by atoms with Crippen LogP contribution in [-0.2, 0) is 14.4 Å². The van der Waals surface area contributed by atoms with E-state index in [4.69, 9.17) is 0 Å². The quantitative estimate of drug-likeness (QED) is 0.447. The van der Waals surface area contributed by atoms with Gasteiger partial charge in [-0.2, -0.15) is 0 Å². The molecule has 1 fully saturated rings. The molecule has 3 amide bonds. The number of amides is 3. The number of aromatic nitrogens is 1. The standard InChI is InChI=1S/C30H42N6O3/c1-18(2)26-28(38)34-20(4)29(39)36-13-7-8-25(35-36)27(37)33-19(3)21-9-10-22-16-31-24(15-23(22)14-21)11-12-30(5,6)17-32-26/h9-12,14-16,18-20,25-26,32,35H,7-8,13,17H2,1-6H3,(H,33,37)(H,34,38). The molecule has 1 aromatic heterocycles. The van der Waals surface area contributed by atoms with Crippen molar-refractivity contribution in [2.45, 2.75) is 78.6 Å². The van der Waals surface area contributed by atoms with Crippen LogP contribution in [0.2, 0.25) is 0 Å². The lowest BCUT2D eigenvalue weighted by Gasteiger charge is -2.35. The van der Waals surface area contributed by atoms with Crippen LogP contribution in [0.5, 0.6) is 0 Å². The van der Waals surface area contributed by atoms with Crippen LogP contribution >= 0.6 is 0 Å². The molecule has 210 valence electrons. The van der Waals surface area contributed by atoms with Crippen LogP contribution < -0.4 is 21.4 Å². The Hall–Kier alpha value is -3.30. The molecule has 1 saturated heterocycles. The van der Waals surface area contributed by atoms with Gasteiger partial charge < -0.3 is 16.0 Å². The molecule has 4 N–H and O–H groups in total. The second-order valence-corrected chi connectivity index (χ2v) is 11.9. The first-order valence-electron chi connectivity index (χ1n) is 13.9. The molecule has 4 rings (SSSR count). The van der Waals surface area contributed by atoms with Crippen molar-refractivity contribution in [3.63, 3.8) is 0 Å². The molecule has 39 heavy (non-hydrogen) atoms. The molecule has 0 radical (unpaired) electrons. The van der Waals surface area contributed by atoms with E-state index in [1.165, 1.54) is 5.01 Å². The number of carbonyl (C=O) groups is 3. The van der Waals surface area contributed by atoms with Crippen molar-refractivity contribution in [3.8, 4) is 0 Å². The Morgan fingerprint density at radius 3 is 2.49 bits per heavy atom. The van der Waals surface area contributed by atoms with Crippen LogP contribution in [0.3, 0.4) is 0 Å². The first-order chi connectivity index (χ1) is 18.4. The minimum atomic E-state index is -0.736. The van der Waals surface area contributed by atoms with Crippen molar-refractivity contribution < 1.29 is 14.4 Å². The summed E-state index contributed by atoms with van der Waals surface area (Å²) in [4.78, 5) is 44.2. The average Bonchev–Trinajstić information content (AvgIpc) is 2.90. The van der Waals surface area contributed by atoms with Gasteiger partial charge in [0.05, 0.1) is 17.8 Å². The van der Waals surface area contributed by atoms with E-state index in [1.807, 2.05) is 51.2 Å². The van der Waals surface area contributed by atoms with Crippen LogP contribution in [0, 0.1) is 11.3 Å². The smallest absolute Gasteiger partial charge is 0.258 e. The maximum atomic E-state index is 13.2. The Bertz CT molecular complexity index is 1260. The Morgan fingerprint density at radius 1 is 1.00 bits per heavy atom. The molecule has 4 atom stereocenters. The monoisotopic (exact) mass is 534 g/mol. The third kappa shape index (κ3) is 7.02. The highest BCUT2D eigenvalue weighted by atomic mass is 16.2. The number of hydrogen-bond donors (Lipinski definition) is 4. The lowest BCUT2D eigenvalue weighted by atomic mass is 9.91. The van der Waals surface area contributed by atoms with Crippen molar-refractivity contribution in [2.24, 2.45) is 11.3 Å². The zero-order chi connectivity index (χ0) is 28.3. The highest BCUT2D eigenvalue weighted by molar-refractivity contribution is 5.90. The van der Waals surface area contributed by atoms with Crippen molar-refractivity contribution in [1.29, 1.82) is 0 Å². The molecule has 9 heteroatoms. The van der Waals surface area contributed by atoms with Gasteiger partial charge in [-0.3, -0.25) is 24.4 Å². The van der Waals surface area contributed by atoms with Crippen molar-refractivity contribution in [2.75, 3.05) is 13.1 Å². The molecule has 0 spiro atoms. The van der Waals surface area contributed by atoms with E-state index in [1.54, 1.807) is 6.92 Å². The summed E-state index contributed by atoms with van der Waals surface area (Å²) in [6, 6.07) is 6.22. The van der Waals surface area contributed by atoms with Gasteiger partial charge in [-0.25, -0.2) is 5.43 Å². The van der Waals surface area contributed by atoms with Gasteiger partial charge in [0, 0.05) is 24.7 Å². The highest BCUT2D eigenvalue weighted by Crippen LogP contribution is 2.23. The number of fused-ring (bicyclic) bond motifs is 4. The largest absolute Gasteiger partial charge is 0.348 e. The van der Waals surface area contributed by atoms with Crippen molar-refractivity contribution >= 4 is 34.6 Å². The summed E-state index contributed by atoms with van der Waals surface area (Å²) in [6.45, 7) is 12.9. The van der Waals surface area contributed by atoms with Gasteiger partial charge in [-0.15, -0.1) is 0 Å². The summed E-state index contributed by atoms with van der Waals surface area (Å²) >= 11 is 0. The molecule has 5 bridgehead atoms. The molecular weight excluding hydrogens is 492 g/mol. The molecule has 2 aliphatic heterocycles. The van der Waals surface area contributed by atoms with Gasteiger partial charge in [0.25, 0.3) is 5.91 Å². The normalized spacial score (nSPS) is 26.9. The molecule has 2 aromatic rings. The van der Waals surface area contributed by atoms with Gasteiger partial charge in [0.15, 0.2) is 0 Å². The van der Waals surface area contributed by atoms with Gasteiger partial charge >= 0.3 is 0 Å². The van der Waals surface area contributed by atoms with E-state index in [0.717, 1.165) is 22.0 Å². The lowest BCUT2D eigenvalue weighted by Crippen LogP contribution is -2.61. The number of nitrogens with one attached hydrogen (secondary N) is 4. The van der Waals surface area contributed by atoms with Crippen LogP contribution in [0.1, 0.15) is 71.7 Å². The molecule has 3 heterocycles. The molecule has 1 aromatic carbocycles. The number of rotatable bonds is 1. The second kappa shape index (κ2) is 11.8. The fourth-order valence-corrected chi connectivity index (χ4v) is 5.04. The predicted octanol–water partition coefficient (Wildman–Crippen LogP) is 3.08. The molecule has 2 aliphatic rings. The van der Waals surface area contributed by atoms with Crippen molar-refractivity contribution in [1.82, 2.24) is 31.4 Å². The Labute approximate surface area is 231 Å². The predicted molar refractivity (Wildman–Crippen MR) is 153 cm³/mol. The number of hydrogen-bond acceptors (Lipinski definition) is 6. The maximum absolute atomic E-state index is 13.2. The van der Waals surface area contributed by atoms with E-state index in [9.17, 15) is 14.4 Å². The minimum absolute atomic E-state index is 0.0215. The first-order valence-corrected chi connectivity index (χ1v) is 13.9. The second-order valence-electron chi connectivity index (χ2n) is 11.9. The van der Waals surface area contributed by atoms with Gasteiger partial charge in [0.1, 0.15) is 12.1 Å². The third-order valence-corrected chi connectivity index (χ3v) is 7.56. The maximum Gasteiger partial charge on any atom is 0.258 e. The van der Waals surface area contributed by atoms with E-state index in [0.29, 0.717) is 25.9 Å². The van der Waals surface area contributed by atoms with Crippen LogP contribution in [-0.4, -0.2) is 58.9 Å². The lowest BCUT2D eigenvalue weighted by molar-refractivity contribution is -0.143. The summed E-state index contributed by atoms with van der Waals surface area (Å²) < 4.78 is 0. The van der Waals surface area contributed by atoms with Crippen LogP contribution in [0.4, 0.5) is 0 Å². The zero-order valence-corrected chi connectivity index (χ0v) is 23.9. The van der Waals surface area contributed by atoms with E-state index >= 15 is 0 Å². The molecular formula is C30H42N6O3. The summed E-state index contributed by atoms with van der Waals surface area (Å²) in [5.41, 5.74) is 4.68. The molecule has 0 aliphatic carbocycles. The van der Waals surface area contributed by atoms with E-state index in [-0.39, 0.29) is 35.1 Å². The molecule has 9 nitrogen and oxygen atoms in total. The Balaban J connectivity index is 1.67. The SMILES string of the molecule is CC1NC(=O)C(C(C)C)NCC(C)(C)C=Cc2cc3cc(ccc3cn2)C(C)NC(=O)C2CCCN(N2)C1=O. The fourth-order valence-electron chi connectivity index (χ4n) is 5.04. The van der Waals surface area contributed by atoms with Crippen LogP contribution in [0.15, 0.2) is 36.5 Å². The third-order valence-electron chi connectivity index (χ3n) is 7.56. The van der Waals surface area contributed by atoms with Gasteiger partial charge in [-0.05, 0) is 67.2 Å². The minimum Gasteiger partial charge on any atom is -0.348 e. The van der Waals surface area contributed by atoms with Gasteiger partial charge in [-0.1, -0.05) is 45.9 Å². The average molecular weight is 535 g/mol. The summed E-state index contributed by atoms with van der Waals surface area (Å²) in [5.74, 6) is -0.619. The molecule has 4 unspecified atom stereocenters. The highest BCUT2D eigenvalue weighted by Gasteiger charge is 2.33. The number of benzene rings is 1. The first kappa shape index (κ1) is 28.7. The summed E-state index contributed by atoms with van der Waals surface area (Å²) in [7, 11) is 0. The number of pyridine rings is 1. The number of nitrogens with zero attached hydrogens (tertiary/aromatic N) is 2. The van der Waals surface area contributed by atoms with Crippen LogP contribution in [0.25, 0.3) is 16.8 Å². The van der Waals surface area contributed by atoms with Crippen molar-refractivity contribution in [3.05, 3.63) is 47.8 Å². The number of carbonyl (C=O) groups excluding carboxylic acids is 3. The Morgan fingerprint density at radius 2 is 1.74 bits per heavy atom. The topological polar surface area (TPSA) is 115 Å². The van der Waals surface area contributed by atoms with E-state index < -0.39 is 18.1 Å². The summed E-state index contributed by atoms with van der Waals surface area (Å²) in [5, 5.41) is 12.9. The fraction of sp³-hybridized carbons (Fsp3) is 0.533. The van der Waals surface area contributed by atoms with E-state index in [2.05, 4.69) is 52.3 Å². The zero-order valence-electron chi connectivity index (χ0n) is 23.9. The van der Waals surface area contributed by atoms with Gasteiger partial charge in [0.2, 0.25) is 11.8 Å². The Kier molecular flexibility index (Phi) is 8.71. The number of hydrazine groups is 1.